The Morgan fingerprint density at radius 1 is 1.07 bits per heavy atom. The summed E-state index contributed by atoms with van der Waals surface area (Å²) < 4.78 is 10.9. The van der Waals surface area contributed by atoms with E-state index < -0.39 is 0 Å². The van der Waals surface area contributed by atoms with Gasteiger partial charge in [0.05, 0.1) is 12.9 Å². The molecule has 4 nitrogen and oxygen atoms in total. The topological polar surface area (TPSA) is 51.5 Å². The van der Waals surface area contributed by atoms with Crippen LogP contribution in [0.1, 0.15) is 41.2 Å². The molecule has 1 amide bonds. The zero-order valence-corrected chi connectivity index (χ0v) is 15.2. The minimum atomic E-state index is 0.0605. The molecule has 1 aliphatic carbocycles. The Kier molecular flexibility index (Phi) is 5.35. The summed E-state index contributed by atoms with van der Waals surface area (Å²) in [6.45, 7) is 0.908. The zero-order valence-electron chi connectivity index (χ0n) is 15.2. The quantitative estimate of drug-likeness (QED) is 0.640. The van der Waals surface area contributed by atoms with Gasteiger partial charge in [-0.3, -0.25) is 4.79 Å². The molecular weight excluding hydrogens is 338 g/mol. The molecule has 0 radical (unpaired) electrons. The highest BCUT2D eigenvalue weighted by atomic mass is 16.5. The molecule has 0 aliphatic heterocycles. The van der Waals surface area contributed by atoms with Crippen molar-refractivity contribution in [3.8, 4) is 0 Å². The van der Waals surface area contributed by atoms with E-state index in [4.69, 9.17) is 9.15 Å². The number of carbonyl (C=O) groups excluding carboxylic acids is 1. The van der Waals surface area contributed by atoms with E-state index in [0.29, 0.717) is 25.6 Å². The SMILES string of the molecule is O=C(CC1CCc2ccccc21)Nc1cccc(COCc2ccco2)c1. The van der Waals surface area contributed by atoms with E-state index in [1.807, 2.05) is 36.4 Å². The maximum absolute atomic E-state index is 12.5. The summed E-state index contributed by atoms with van der Waals surface area (Å²) >= 11 is 0. The predicted octanol–water partition coefficient (Wildman–Crippen LogP) is 5.06. The molecule has 4 rings (SSSR count). The molecule has 4 heteroatoms. The van der Waals surface area contributed by atoms with Crippen molar-refractivity contribution >= 4 is 11.6 Å². The predicted molar refractivity (Wildman–Crippen MR) is 104 cm³/mol. The Morgan fingerprint density at radius 3 is 2.89 bits per heavy atom. The molecule has 0 spiro atoms. The standard InChI is InChI=1S/C23H23NO3/c25-23(14-19-11-10-18-6-1-2-9-22(18)19)24-20-7-3-5-17(13-20)15-26-16-21-8-4-12-27-21/h1-9,12-13,19H,10-11,14-16H2,(H,24,25). The maximum atomic E-state index is 12.5. The third-order valence-electron chi connectivity index (χ3n) is 4.99. The molecule has 0 bridgehead atoms. The Hall–Kier alpha value is -2.85. The first kappa shape index (κ1) is 17.6. The average Bonchev–Trinajstić information content (AvgIpc) is 3.33. The van der Waals surface area contributed by atoms with E-state index in [2.05, 4.69) is 29.6 Å². The Labute approximate surface area is 159 Å². The molecule has 0 saturated carbocycles. The van der Waals surface area contributed by atoms with E-state index in [1.165, 1.54) is 11.1 Å². The lowest BCUT2D eigenvalue weighted by Gasteiger charge is -2.12. The lowest BCUT2D eigenvalue weighted by Crippen LogP contribution is -2.14. The molecule has 1 aliphatic rings. The molecule has 27 heavy (non-hydrogen) atoms. The summed E-state index contributed by atoms with van der Waals surface area (Å²) in [5.41, 5.74) is 4.54. The third kappa shape index (κ3) is 4.47. The number of hydrogen-bond acceptors (Lipinski definition) is 3. The smallest absolute Gasteiger partial charge is 0.224 e. The number of hydrogen-bond donors (Lipinski definition) is 1. The van der Waals surface area contributed by atoms with Crippen LogP contribution < -0.4 is 5.32 Å². The van der Waals surface area contributed by atoms with Crippen molar-refractivity contribution in [1.29, 1.82) is 0 Å². The van der Waals surface area contributed by atoms with Gasteiger partial charge in [0.2, 0.25) is 5.91 Å². The number of furan rings is 1. The van der Waals surface area contributed by atoms with Gasteiger partial charge in [-0.15, -0.1) is 0 Å². The highest BCUT2D eigenvalue weighted by molar-refractivity contribution is 5.91. The molecule has 2 aromatic carbocycles. The number of aryl methyl sites for hydroxylation is 1. The minimum Gasteiger partial charge on any atom is -0.467 e. The van der Waals surface area contributed by atoms with Gasteiger partial charge in [-0.2, -0.15) is 0 Å². The van der Waals surface area contributed by atoms with Gasteiger partial charge in [0.25, 0.3) is 0 Å². The summed E-state index contributed by atoms with van der Waals surface area (Å²) in [5.74, 6) is 1.18. The molecule has 1 N–H and O–H groups in total. The van der Waals surface area contributed by atoms with Crippen LogP contribution in [-0.2, 0) is 29.2 Å². The van der Waals surface area contributed by atoms with Crippen LogP contribution >= 0.6 is 0 Å². The number of fused-ring (bicyclic) bond motifs is 1. The monoisotopic (exact) mass is 361 g/mol. The Bertz CT molecular complexity index is 902. The van der Waals surface area contributed by atoms with Crippen molar-refractivity contribution in [2.75, 3.05) is 5.32 Å². The first-order chi connectivity index (χ1) is 13.3. The highest BCUT2D eigenvalue weighted by Crippen LogP contribution is 2.35. The minimum absolute atomic E-state index is 0.0605. The zero-order chi connectivity index (χ0) is 18.5. The van der Waals surface area contributed by atoms with Crippen molar-refractivity contribution in [1.82, 2.24) is 0 Å². The molecule has 1 aromatic heterocycles. The summed E-state index contributed by atoms with van der Waals surface area (Å²) in [4.78, 5) is 12.5. The molecule has 0 saturated heterocycles. The molecule has 1 atom stereocenters. The van der Waals surface area contributed by atoms with E-state index in [0.717, 1.165) is 29.9 Å². The first-order valence-electron chi connectivity index (χ1n) is 9.34. The second kappa shape index (κ2) is 8.23. The van der Waals surface area contributed by atoms with Crippen LogP contribution in [0, 0.1) is 0 Å². The third-order valence-corrected chi connectivity index (χ3v) is 4.99. The van der Waals surface area contributed by atoms with Crippen molar-refractivity contribution in [2.24, 2.45) is 0 Å². The second-order valence-electron chi connectivity index (χ2n) is 6.96. The largest absolute Gasteiger partial charge is 0.467 e. The van der Waals surface area contributed by atoms with Crippen molar-refractivity contribution in [3.05, 3.63) is 89.4 Å². The van der Waals surface area contributed by atoms with Gasteiger partial charge in [0.1, 0.15) is 12.4 Å². The van der Waals surface area contributed by atoms with E-state index in [1.54, 1.807) is 6.26 Å². The number of anilines is 1. The van der Waals surface area contributed by atoms with Crippen LogP contribution in [0.4, 0.5) is 5.69 Å². The van der Waals surface area contributed by atoms with Gasteiger partial charge in [0.15, 0.2) is 0 Å². The maximum Gasteiger partial charge on any atom is 0.224 e. The molecule has 1 unspecified atom stereocenters. The molecule has 3 aromatic rings. The molecule has 0 fully saturated rings. The van der Waals surface area contributed by atoms with Gasteiger partial charge in [-0.25, -0.2) is 0 Å². The van der Waals surface area contributed by atoms with Crippen molar-refractivity contribution in [2.45, 2.75) is 38.4 Å². The Morgan fingerprint density at radius 2 is 2.00 bits per heavy atom. The fourth-order valence-corrected chi connectivity index (χ4v) is 3.70. The van der Waals surface area contributed by atoms with Crippen LogP contribution in [0.2, 0.25) is 0 Å². The number of amides is 1. The van der Waals surface area contributed by atoms with Gasteiger partial charge in [-0.1, -0.05) is 36.4 Å². The summed E-state index contributed by atoms with van der Waals surface area (Å²) in [6, 6.07) is 20.0. The van der Waals surface area contributed by atoms with Crippen LogP contribution in [-0.4, -0.2) is 5.91 Å². The van der Waals surface area contributed by atoms with Crippen LogP contribution in [0.3, 0.4) is 0 Å². The lowest BCUT2D eigenvalue weighted by molar-refractivity contribution is -0.116. The Balaban J connectivity index is 1.31. The van der Waals surface area contributed by atoms with Gasteiger partial charge in [-0.05, 0) is 59.7 Å². The first-order valence-corrected chi connectivity index (χ1v) is 9.34. The average molecular weight is 361 g/mol. The van der Waals surface area contributed by atoms with Crippen LogP contribution in [0.5, 0.6) is 0 Å². The highest BCUT2D eigenvalue weighted by Gasteiger charge is 2.24. The fraction of sp³-hybridized carbons (Fsp3) is 0.261. The number of ether oxygens (including phenoxy) is 1. The summed E-state index contributed by atoms with van der Waals surface area (Å²) in [5, 5.41) is 3.03. The van der Waals surface area contributed by atoms with Crippen LogP contribution in [0.25, 0.3) is 0 Å². The fourth-order valence-electron chi connectivity index (χ4n) is 3.70. The van der Waals surface area contributed by atoms with Gasteiger partial charge in [0, 0.05) is 12.1 Å². The summed E-state index contributed by atoms with van der Waals surface area (Å²) in [6.07, 6.45) is 4.28. The molecular formula is C23H23NO3. The molecule has 1 heterocycles. The van der Waals surface area contributed by atoms with Gasteiger partial charge >= 0.3 is 0 Å². The second-order valence-corrected chi connectivity index (χ2v) is 6.96. The van der Waals surface area contributed by atoms with Crippen molar-refractivity contribution < 1.29 is 13.9 Å². The summed E-state index contributed by atoms with van der Waals surface area (Å²) in [7, 11) is 0. The molecule has 138 valence electrons. The lowest BCUT2D eigenvalue weighted by atomic mass is 9.97. The van der Waals surface area contributed by atoms with Crippen molar-refractivity contribution in [3.63, 3.8) is 0 Å². The number of nitrogens with one attached hydrogen (secondary N) is 1. The number of rotatable bonds is 7. The normalized spacial score (nSPS) is 15.5. The van der Waals surface area contributed by atoms with Crippen LogP contribution in [0.15, 0.2) is 71.3 Å². The van der Waals surface area contributed by atoms with E-state index in [-0.39, 0.29) is 5.91 Å². The van der Waals surface area contributed by atoms with E-state index in [9.17, 15) is 4.79 Å². The van der Waals surface area contributed by atoms with E-state index >= 15 is 0 Å². The van der Waals surface area contributed by atoms with Gasteiger partial charge < -0.3 is 14.5 Å². The number of benzene rings is 2. The number of carbonyl (C=O) groups is 1.